The highest BCUT2D eigenvalue weighted by atomic mass is 79.9. The van der Waals surface area contributed by atoms with E-state index < -0.39 is 0 Å². The molecule has 0 bridgehead atoms. The number of hydrogen-bond donors (Lipinski definition) is 1. The molecule has 0 radical (unpaired) electrons. The van der Waals surface area contributed by atoms with Gasteiger partial charge in [0.25, 0.3) is 0 Å². The summed E-state index contributed by atoms with van der Waals surface area (Å²) in [4.78, 5) is 4.36. The molecule has 2 nitrogen and oxygen atoms in total. The maximum Gasteiger partial charge on any atom is 0.184 e. The van der Waals surface area contributed by atoms with Gasteiger partial charge in [0, 0.05) is 10.9 Å². The van der Waals surface area contributed by atoms with E-state index in [9.17, 15) is 0 Å². The molecule has 80 valence electrons. The second kappa shape index (κ2) is 5.12. The van der Waals surface area contributed by atoms with Gasteiger partial charge in [-0.2, -0.15) is 0 Å². The van der Waals surface area contributed by atoms with Crippen LogP contribution in [0.25, 0.3) is 0 Å². The van der Waals surface area contributed by atoms with Gasteiger partial charge in [0.15, 0.2) is 5.13 Å². The first-order chi connectivity index (χ1) is 6.65. The van der Waals surface area contributed by atoms with Crippen LogP contribution >= 0.6 is 27.3 Å². The lowest BCUT2D eigenvalue weighted by Gasteiger charge is -2.31. The van der Waals surface area contributed by atoms with Crippen LogP contribution in [0.3, 0.4) is 0 Å². The van der Waals surface area contributed by atoms with Gasteiger partial charge in [-0.15, -0.1) is 11.3 Å². The van der Waals surface area contributed by atoms with Gasteiger partial charge in [0.05, 0.1) is 0 Å². The topological polar surface area (TPSA) is 24.9 Å². The predicted molar refractivity (Wildman–Crippen MR) is 67.0 cm³/mol. The largest absolute Gasteiger partial charge is 0.356 e. The van der Waals surface area contributed by atoms with Crippen molar-refractivity contribution in [3.05, 3.63) is 9.98 Å². The summed E-state index contributed by atoms with van der Waals surface area (Å²) in [6.07, 6.45) is 3.41. The zero-order valence-corrected chi connectivity index (χ0v) is 11.3. The number of nitrogens with one attached hydrogen (secondary N) is 1. The molecule has 1 rings (SSSR count). The zero-order valence-electron chi connectivity index (χ0n) is 8.93. The first kappa shape index (κ1) is 12.0. The third-order valence-corrected chi connectivity index (χ3v) is 4.35. The maximum absolute atomic E-state index is 4.36. The molecule has 0 amide bonds. The molecule has 0 aliphatic carbocycles. The van der Waals surface area contributed by atoms with E-state index in [1.807, 2.05) is 5.38 Å². The minimum Gasteiger partial charge on any atom is -0.356 e. The molecule has 4 heteroatoms. The van der Waals surface area contributed by atoms with Crippen molar-refractivity contribution in [2.45, 2.75) is 45.6 Å². The molecule has 14 heavy (non-hydrogen) atoms. The molecule has 0 fully saturated rings. The Bertz CT molecular complexity index is 273. The molecule has 1 heterocycles. The van der Waals surface area contributed by atoms with Gasteiger partial charge in [0.2, 0.25) is 0 Å². The molecular weight excluding hydrogens is 260 g/mol. The highest BCUT2D eigenvalue weighted by molar-refractivity contribution is 9.10. The average Bonchev–Trinajstić information content (AvgIpc) is 2.61. The Balaban J connectivity index is 2.73. The smallest absolute Gasteiger partial charge is 0.184 e. The average molecular weight is 277 g/mol. The van der Waals surface area contributed by atoms with Gasteiger partial charge in [-0.1, -0.05) is 20.8 Å². The molecule has 0 atom stereocenters. The zero-order chi connectivity index (χ0) is 10.6. The number of thiazole rings is 1. The monoisotopic (exact) mass is 276 g/mol. The van der Waals surface area contributed by atoms with Crippen molar-refractivity contribution < 1.29 is 0 Å². The van der Waals surface area contributed by atoms with Crippen LogP contribution < -0.4 is 5.32 Å². The summed E-state index contributed by atoms with van der Waals surface area (Å²) in [6, 6.07) is 0. The fourth-order valence-electron chi connectivity index (χ4n) is 1.55. The van der Waals surface area contributed by atoms with Crippen molar-refractivity contribution in [1.82, 2.24) is 4.98 Å². The van der Waals surface area contributed by atoms with Gasteiger partial charge >= 0.3 is 0 Å². The Morgan fingerprint density at radius 2 is 1.93 bits per heavy atom. The molecule has 0 aromatic carbocycles. The van der Waals surface area contributed by atoms with Gasteiger partial charge in [0.1, 0.15) is 4.60 Å². The Morgan fingerprint density at radius 1 is 1.36 bits per heavy atom. The van der Waals surface area contributed by atoms with Gasteiger partial charge in [-0.05, 0) is 35.2 Å². The van der Waals surface area contributed by atoms with Crippen LogP contribution in [0.1, 0.15) is 40.0 Å². The summed E-state index contributed by atoms with van der Waals surface area (Å²) in [5.41, 5.74) is 0.220. The van der Waals surface area contributed by atoms with Gasteiger partial charge in [-0.3, -0.25) is 0 Å². The molecular formula is C10H17BrN2S. The van der Waals surface area contributed by atoms with E-state index in [1.165, 1.54) is 0 Å². The first-order valence-electron chi connectivity index (χ1n) is 5.05. The Morgan fingerprint density at radius 3 is 2.29 bits per heavy atom. The molecule has 0 spiro atoms. The highest BCUT2D eigenvalue weighted by Crippen LogP contribution is 2.28. The summed E-state index contributed by atoms with van der Waals surface area (Å²) < 4.78 is 0.919. The molecule has 1 aromatic heterocycles. The molecule has 0 aliphatic rings. The molecule has 0 unspecified atom stereocenters. The fraction of sp³-hybridized carbons (Fsp3) is 0.700. The van der Waals surface area contributed by atoms with Crippen molar-refractivity contribution >= 4 is 32.4 Å². The SMILES string of the molecule is CCC(CC)(CC)Nc1nc(Br)cs1. The van der Waals surface area contributed by atoms with Crippen LogP contribution in [0.5, 0.6) is 0 Å². The Labute approximate surface area is 98.3 Å². The van der Waals surface area contributed by atoms with Gasteiger partial charge in [-0.25, -0.2) is 4.98 Å². The number of anilines is 1. The Hall–Kier alpha value is -0.0900. The van der Waals surface area contributed by atoms with Crippen LogP contribution in [0, 0.1) is 0 Å². The minimum atomic E-state index is 0.220. The predicted octanol–water partition coefficient (Wildman–Crippen LogP) is 4.29. The van der Waals surface area contributed by atoms with E-state index >= 15 is 0 Å². The lowest BCUT2D eigenvalue weighted by molar-refractivity contribution is 0.420. The van der Waals surface area contributed by atoms with E-state index in [1.54, 1.807) is 11.3 Å². The number of aromatic nitrogens is 1. The van der Waals surface area contributed by atoms with Crippen molar-refractivity contribution in [2.24, 2.45) is 0 Å². The van der Waals surface area contributed by atoms with Crippen LogP contribution in [0.15, 0.2) is 9.98 Å². The van der Waals surface area contributed by atoms with Gasteiger partial charge < -0.3 is 5.32 Å². The Kier molecular flexibility index (Phi) is 4.38. The van der Waals surface area contributed by atoms with Crippen molar-refractivity contribution in [3.8, 4) is 0 Å². The summed E-state index contributed by atoms with van der Waals surface area (Å²) in [5, 5.41) is 6.56. The first-order valence-corrected chi connectivity index (χ1v) is 6.72. The summed E-state index contributed by atoms with van der Waals surface area (Å²) in [6.45, 7) is 6.67. The number of hydrogen-bond acceptors (Lipinski definition) is 3. The highest BCUT2D eigenvalue weighted by Gasteiger charge is 2.24. The van der Waals surface area contributed by atoms with E-state index in [4.69, 9.17) is 0 Å². The second-order valence-electron chi connectivity index (χ2n) is 3.44. The number of rotatable bonds is 5. The van der Waals surface area contributed by atoms with Crippen molar-refractivity contribution in [2.75, 3.05) is 5.32 Å². The van der Waals surface area contributed by atoms with E-state index in [2.05, 4.69) is 47.0 Å². The lowest BCUT2D eigenvalue weighted by atomic mass is 9.90. The minimum absolute atomic E-state index is 0.220. The second-order valence-corrected chi connectivity index (χ2v) is 5.11. The lowest BCUT2D eigenvalue weighted by Crippen LogP contribution is -2.35. The molecule has 0 saturated heterocycles. The molecule has 1 aromatic rings. The fourth-order valence-corrected chi connectivity index (χ4v) is 2.82. The number of halogens is 1. The van der Waals surface area contributed by atoms with E-state index in [-0.39, 0.29) is 5.54 Å². The summed E-state index contributed by atoms with van der Waals surface area (Å²) in [7, 11) is 0. The summed E-state index contributed by atoms with van der Waals surface area (Å²) in [5.74, 6) is 0. The van der Waals surface area contributed by atoms with Crippen molar-refractivity contribution in [1.29, 1.82) is 0 Å². The number of nitrogens with zero attached hydrogens (tertiary/aromatic N) is 1. The standard InChI is InChI=1S/C10H17BrN2S/c1-4-10(5-2,6-3)13-9-12-8(11)7-14-9/h7H,4-6H2,1-3H3,(H,12,13). The van der Waals surface area contributed by atoms with E-state index in [0.29, 0.717) is 0 Å². The summed E-state index contributed by atoms with van der Waals surface area (Å²) >= 11 is 5.02. The third kappa shape index (κ3) is 2.70. The van der Waals surface area contributed by atoms with Crippen LogP contribution in [0.4, 0.5) is 5.13 Å². The van der Waals surface area contributed by atoms with Crippen LogP contribution in [0.2, 0.25) is 0 Å². The van der Waals surface area contributed by atoms with Crippen molar-refractivity contribution in [3.63, 3.8) is 0 Å². The normalized spacial score (nSPS) is 11.7. The van der Waals surface area contributed by atoms with Crippen LogP contribution in [-0.2, 0) is 0 Å². The quantitative estimate of drug-likeness (QED) is 0.868. The van der Waals surface area contributed by atoms with E-state index in [0.717, 1.165) is 29.0 Å². The molecule has 0 saturated carbocycles. The molecule has 1 N–H and O–H groups in total. The maximum atomic E-state index is 4.36. The van der Waals surface area contributed by atoms with Crippen LogP contribution in [-0.4, -0.2) is 10.5 Å². The third-order valence-electron chi connectivity index (χ3n) is 2.88. The molecule has 0 aliphatic heterocycles.